The van der Waals surface area contributed by atoms with E-state index in [1.54, 1.807) is 0 Å². The van der Waals surface area contributed by atoms with E-state index in [0.717, 1.165) is 8.95 Å². The van der Waals surface area contributed by atoms with E-state index in [2.05, 4.69) is 117 Å². The van der Waals surface area contributed by atoms with Crippen LogP contribution in [0.25, 0.3) is 75.4 Å². The monoisotopic (exact) mass is 532 g/mol. The molecular formula is C30H14Br2. The summed E-state index contributed by atoms with van der Waals surface area (Å²) in [6.45, 7) is 0. The van der Waals surface area contributed by atoms with Gasteiger partial charge >= 0.3 is 0 Å². The molecule has 0 aromatic heterocycles. The first-order chi connectivity index (χ1) is 15.7. The van der Waals surface area contributed by atoms with Gasteiger partial charge in [-0.3, -0.25) is 0 Å². The minimum atomic E-state index is 1.13. The van der Waals surface area contributed by atoms with Crippen LogP contribution in [0.5, 0.6) is 0 Å². The highest BCUT2D eigenvalue weighted by atomic mass is 79.9. The minimum absolute atomic E-state index is 1.13. The second-order valence-electron chi connectivity index (χ2n) is 8.78. The Bertz CT molecular complexity index is 1900. The summed E-state index contributed by atoms with van der Waals surface area (Å²) in [4.78, 5) is 0. The molecule has 2 heteroatoms. The SMILES string of the molecule is Brc1ccc2c(c1)c1cccc3c4cc5c6ccc(Br)cc6c6cccc(c4cc2c13)c65. The molecule has 0 nitrogen and oxygen atoms in total. The normalized spacial score (nSPS) is 12.7. The third-order valence-electron chi connectivity index (χ3n) is 7.24. The van der Waals surface area contributed by atoms with E-state index < -0.39 is 0 Å². The predicted molar refractivity (Wildman–Crippen MR) is 147 cm³/mol. The fourth-order valence-corrected chi connectivity index (χ4v) is 6.71. The van der Waals surface area contributed by atoms with Crippen molar-refractivity contribution in [3.63, 3.8) is 0 Å². The largest absolute Gasteiger partial charge is 0.0610 e. The van der Waals surface area contributed by atoms with Gasteiger partial charge in [-0.15, -0.1) is 0 Å². The molecule has 0 atom stereocenters. The van der Waals surface area contributed by atoms with E-state index in [1.807, 2.05) is 0 Å². The smallest absolute Gasteiger partial charge is 0.0181 e. The van der Waals surface area contributed by atoms with E-state index in [-0.39, 0.29) is 0 Å². The first-order valence-corrected chi connectivity index (χ1v) is 12.3. The van der Waals surface area contributed by atoms with Crippen LogP contribution in [-0.4, -0.2) is 0 Å². The Morgan fingerprint density at radius 1 is 0.312 bits per heavy atom. The van der Waals surface area contributed by atoms with E-state index in [4.69, 9.17) is 0 Å². The lowest BCUT2D eigenvalue weighted by molar-refractivity contribution is 1.77. The summed E-state index contributed by atoms with van der Waals surface area (Å²) in [6.07, 6.45) is 0. The molecule has 0 amide bonds. The van der Waals surface area contributed by atoms with Crippen LogP contribution in [0.2, 0.25) is 0 Å². The third kappa shape index (κ3) is 2.03. The number of hydrogen-bond acceptors (Lipinski definition) is 0. The maximum Gasteiger partial charge on any atom is 0.0181 e. The Balaban J connectivity index is 1.72. The van der Waals surface area contributed by atoms with Gasteiger partial charge < -0.3 is 0 Å². The molecule has 0 unspecified atom stereocenters. The molecule has 0 radical (unpaired) electrons. The molecule has 32 heavy (non-hydrogen) atoms. The standard InChI is InChI=1S/C30H14Br2/c31-15-7-9-17-23(11-15)19-3-1-5-21-25-13-28-18-10-8-16(32)12-24(18)20-4-2-6-22(30(20)28)26(25)14-27(17)29(19)21/h1-14H. The van der Waals surface area contributed by atoms with Crippen LogP contribution in [0, 0.1) is 0 Å². The lowest BCUT2D eigenvalue weighted by atomic mass is 9.93. The lowest BCUT2D eigenvalue weighted by Gasteiger charge is -2.10. The molecule has 8 aromatic rings. The van der Waals surface area contributed by atoms with Gasteiger partial charge in [0.05, 0.1) is 0 Å². The molecule has 0 spiro atoms. The number of hydrogen-bond donors (Lipinski definition) is 0. The van der Waals surface area contributed by atoms with Crippen molar-refractivity contribution in [2.45, 2.75) is 0 Å². The average molecular weight is 534 g/mol. The van der Waals surface area contributed by atoms with Crippen molar-refractivity contribution in [1.29, 1.82) is 0 Å². The molecule has 0 saturated carbocycles. The van der Waals surface area contributed by atoms with Crippen LogP contribution in [0.1, 0.15) is 0 Å². The van der Waals surface area contributed by atoms with Crippen molar-refractivity contribution >= 4 is 107 Å². The molecule has 0 N–H and O–H groups in total. The summed E-state index contributed by atoms with van der Waals surface area (Å²) in [5, 5.41) is 18.8. The first-order valence-electron chi connectivity index (χ1n) is 10.7. The van der Waals surface area contributed by atoms with E-state index in [0.29, 0.717) is 0 Å². The van der Waals surface area contributed by atoms with Gasteiger partial charge in [0.1, 0.15) is 0 Å². The van der Waals surface area contributed by atoms with Gasteiger partial charge in [-0.25, -0.2) is 0 Å². The maximum atomic E-state index is 3.68. The maximum absolute atomic E-state index is 3.68. The zero-order chi connectivity index (χ0) is 21.1. The van der Waals surface area contributed by atoms with Gasteiger partial charge in [0.25, 0.3) is 0 Å². The number of fused-ring (bicyclic) bond motifs is 9. The van der Waals surface area contributed by atoms with Crippen molar-refractivity contribution < 1.29 is 0 Å². The Hall–Kier alpha value is -2.94. The highest BCUT2D eigenvalue weighted by Gasteiger charge is 2.19. The fourth-order valence-electron chi connectivity index (χ4n) is 5.99. The summed E-state index contributed by atoms with van der Waals surface area (Å²) >= 11 is 7.35. The molecule has 0 saturated heterocycles. The second-order valence-corrected chi connectivity index (χ2v) is 10.6. The van der Waals surface area contributed by atoms with Crippen molar-refractivity contribution in [3.05, 3.63) is 93.9 Å². The molecule has 0 aliphatic carbocycles. The van der Waals surface area contributed by atoms with Crippen molar-refractivity contribution in [3.8, 4) is 0 Å². The molecule has 0 heterocycles. The zero-order valence-electron chi connectivity index (χ0n) is 16.8. The van der Waals surface area contributed by atoms with Gasteiger partial charge in [-0.2, -0.15) is 0 Å². The molecule has 0 bridgehead atoms. The minimum Gasteiger partial charge on any atom is -0.0610 e. The molecule has 8 aromatic carbocycles. The molecule has 148 valence electrons. The highest BCUT2D eigenvalue weighted by molar-refractivity contribution is 9.10. The second kappa shape index (κ2) is 5.89. The van der Waals surface area contributed by atoms with Gasteiger partial charge in [0.2, 0.25) is 0 Å². The van der Waals surface area contributed by atoms with E-state index in [9.17, 15) is 0 Å². The van der Waals surface area contributed by atoms with Crippen molar-refractivity contribution in [1.82, 2.24) is 0 Å². The topological polar surface area (TPSA) is 0 Å². The Labute approximate surface area is 200 Å². The lowest BCUT2D eigenvalue weighted by Crippen LogP contribution is -1.82. The predicted octanol–water partition coefficient (Wildman–Crippen LogP) is 10.2. The van der Waals surface area contributed by atoms with Crippen LogP contribution in [-0.2, 0) is 0 Å². The number of halogens is 2. The summed E-state index contributed by atoms with van der Waals surface area (Å²) < 4.78 is 2.25. The Morgan fingerprint density at radius 3 is 1.09 bits per heavy atom. The number of benzene rings is 6. The van der Waals surface area contributed by atoms with Crippen LogP contribution < -0.4 is 0 Å². The molecule has 0 aliphatic heterocycles. The van der Waals surface area contributed by atoms with Crippen LogP contribution in [0.15, 0.2) is 93.9 Å². The zero-order valence-corrected chi connectivity index (χ0v) is 20.0. The fraction of sp³-hybridized carbons (Fsp3) is 0. The average Bonchev–Trinajstić information content (AvgIpc) is 3.29. The molecule has 0 fully saturated rings. The van der Waals surface area contributed by atoms with E-state index >= 15 is 0 Å². The molecular weight excluding hydrogens is 520 g/mol. The van der Waals surface area contributed by atoms with Gasteiger partial charge in [0, 0.05) is 8.95 Å². The van der Waals surface area contributed by atoms with Gasteiger partial charge in [-0.05, 0) is 112 Å². The van der Waals surface area contributed by atoms with Crippen LogP contribution in [0.3, 0.4) is 0 Å². The van der Waals surface area contributed by atoms with Crippen molar-refractivity contribution in [2.75, 3.05) is 0 Å². The summed E-state index contributed by atoms with van der Waals surface area (Å²) in [6, 6.07) is 31.8. The van der Waals surface area contributed by atoms with E-state index in [1.165, 1.54) is 75.4 Å². The van der Waals surface area contributed by atoms with Crippen molar-refractivity contribution in [2.24, 2.45) is 0 Å². The molecule has 0 aliphatic rings. The number of rotatable bonds is 0. The first kappa shape index (κ1) is 17.6. The third-order valence-corrected chi connectivity index (χ3v) is 8.23. The quantitative estimate of drug-likeness (QED) is 0.170. The Morgan fingerprint density at radius 2 is 0.688 bits per heavy atom. The summed E-state index contributed by atoms with van der Waals surface area (Å²) in [5.41, 5.74) is 0. The Kier molecular flexibility index (Phi) is 3.24. The van der Waals surface area contributed by atoms with Crippen LogP contribution in [0.4, 0.5) is 0 Å². The highest BCUT2D eigenvalue weighted by Crippen LogP contribution is 2.47. The van der Waals surface area contributed by atoms with Gasteiger partial charge in [-0.1, -0.05) is 80.4 Å². The summed E-state index contributed by atoms with van der Waals surface area (Å²) in [5.74, 6) is 0. The summed E-state index contributed by atoms with van der Waals surface area (Å²) in [7, 11) is 0. The van der Waals surface area contributed by atoms with Crippen LogP contribution >= 0.6 is 31.9 Å². The van der Waals surface area contributed by atoms with Gasteiger partial charge in [0.15, 0.2) is 0 Å². The molecule has 8 rings (SSSR count).